The number of aliphatic carboxylic acids is 1. The molecule has 0 saturated heterocycles. The molecule has 0 bridgehead atoms. The van der Waals surface area contributed by atoms with E-state index in [0.29, 0.717) is 17.9 Å². The van der Waals surface area contributed by atoms with Gasteiger partial charge in [0, 0.05) is 12.1 Å². The summed E-state index contributed by atoms with van der Waals surface area (Å²) in [5, 5.41) is 17.8. The Balaban J connectivity index is 2.12. The highest BCUT2D eigenvalue weighted by Crippen LogP contribution is 2.17. The van der Waals surface area contributed by atoms with Crippen LogP contribution in [0.3, 0.4) is 0 Å². The van der Waals surface area contributed by atoms with E-state index in [-0.39, 0.29) is 12.2 Å². The van der Waals surface area contributed by atoms with E-state index < -0.39 is 11.9 Å². The van der Waals surface area contributed by atoms with E-state index in [1.165, 1.54) is 0 Å². The van der Waals surface area contributed by atoms with E-state index in [1.54, 1.807) is 31.2 Å². The summed E-state index contributed by atoms with van der Waals surface area (Å²) in [6, 6.07) is 7.06. The molecule has 0 spiro atoms. The van der Waals surface area contributed by atoms with Crippen molar-refractivity contribution in [3.63, 3.8) is 0 Å². The van der Waals surface area contributed by atoms with Crippen molar-refractivity contribution in [3.8, 4) is 0 Å². The Morgan fingerprint density at radius 2 is 2.10 bits per heavy atom. The number of rotatable bonds is 5. The summed E-state index contributed by atoms with van der Waals surface area (Å²) in [5.41, 5.74) is 1.33. The molecule has 0 atom stereocenters. The van der Waals surface area contributed by atoms with Crippen molar-refractivity contribution in [1.82, 2.24) is 15.2 Å². The van der Waals surface area contributed by atoms with Crippen molar-refractivity contribution < 1.29 is 14.7 Å². The molecule has 0 aliphatic heterocycles. The molecule has 1 aromatic heterocycles. The van der Waals surface area contributed by atoms with E-state index in [0.717, 1.165) is 5.56 Å². The van der Waals surface area contributed by atoms with Crippen LogP contribution in [-0.4, -0.2) is 32.2 Å². The minimum atomic E-state index is -0.879. The fourth-order valence-corrected chi connectivity index (χ4v) is 1.72. The molecule has 0 unspecified atom stereocenters. The minimum absolute atomic E-state index is 0.00659. The van der Waals surface area contributed by atoms with Crippen molar-refractivity contribution in [2.45, 2.75) is 19.8 Å². The standard InChI is InChI=1S/C13H14N4O3/c1-8-14-12(17-16-8)13(20)15-10-5-3-2-4-9(10)6-7-11(18)19/h2-5H,6-7H2,1H3,(H,15,20)(H,18,19)(H,14,16,17). The molecular formula is C13H14N4O3. The Kier molecular flexibility index (Phi) is 4.09. The van der Waals surface area contributed by atoms with Crippen LogP contribution in [0.25, 0.3) is 0 Å². The maximum absolute atomic E-state index is 11.9. The van der Waals surface area contributed by atoms with Crippen LogP contribution >= 0.6 is 0 Å². The zero-order chi connectivity index (χ0) is 14.5. The molecule has 1 aromatic carbocycles. The number of nitrogens with one attached hydrogen (secondary N) is 2. The Morgan fingerprint density at radius 1 is 1.35 bits per heavy atom. The smallest absolute Gasteiger partial charge is 0.303 e. The summed E-state index contributed by atoms with van der Waals surface area (Å²) >= 11 is 0. The number of benzene rings is 1. The maximum Gasteiger partial charge on any atom is 0.303 e. The summed E-state index contributed by atoms with van der Waals surface area (Å²) in [6.07, 6.45) is 0.353. The highest BCUT2D eigenvalue weighted by atomic mass is 16.4. The van der Waals surface area contributed by atoms with E-state index in [1.807, 2.05) is 0 Å². The Hall–Kier alpha value is -2.70. The number of aromatic amines is 1. The molecule has 1 amide bonds. The van der Waals surface area contributed by atoms with Gasteiger partial charge in [0.25, 0.3) is 5.91 Å². The predicted molar refractivity (Wildman–Crippen MR) is 71.5 cm³/mol. The highest BCUT2D eigenvalue weighted by Gasteiger charge is 2.13. The summed E-state index contributed by atoms with van der Waals surface area (Å²) < 4.78 is 0. The minimum Gasteiger partial charge on any atom is -0.481 e. The summed E-state index contributed by atoms with van der Waals surface area (Å²) in [4.78, 5) is 26.5. The number of anilines is 1. The first-order valence-corrected chi connectivity index (χ1v) is 6.06. The van der Waals surface area contributed by atoms with Gasteiger partial charge >= 0.3 is 5.97 Å². The monoisotopic (exact) mass is 274 g/mol. The van der Waals surface area contributed by atoms with E-state index in [4.69, 9.17) is 5.11 Å². The quantitative estimate of drug-likeness (QED) is 0.763. The number of aromatic nitrogens is 3. The Bertz CT molecular complexity index is 636. The highest BCUT2D eigenvalue weighted by molar-refractivity contribution is 6.01. The van der Waals surface area contributed by atoms with Crippen LogP contribution in [0.4, 0.5) is 5.69 Å². The SMILES string of the molecule is Cc1nc(C(=O)Nc2ccccc2CCC(=O)O)n[nH]1. The lowest BCUT2D eigenvalue weighted by atomic mass is 10.1. The van der Waals surface area contributed by atoms with E-state index in [2.05, 4.69) is 20.5 Å². The van der Waals surface area contributed by atoms with Crippen LogP contribution in [0, 0.1) is 6.92 Å². The number of nitrogens with zero attached hydrogens (tertiary/aromatic N) is 2. The Morgan fingerprint density at radius 3 is 2.75 bits per heavy atom. The van der Waals surface area contributed by atoms with Gasteiger partial charge in [0.1, 0.15) is 5.82 Å². The van der Waals surface area contributed by atoms with Crippen LogP contribution in [0.5, 0.6) is 0 Å². The molecule has 104 valence electrons. The van der Waals surface area contributed by atoms with Gasteiger partial charge in [-0.1, -0.05) is 18.2 Å². The fourth-order valence-electron chi connectivity index (χ4n) is 1.72. The van der Waals surface area contributed by atoms with Crippen molar-refractivity contribution in [3.05, 3.63) is 41.5 Å². The van der Waals surface area contributed by atoms with Crippen molar-refractivity contribution in [1.29, 1.82) is 0 Å². The summed E-state index contributed by atoms with van der Waals surface area (Å²) in [6.45, 7) is 1.70. The van der Waals surface area contributed by atoms with Gasteiger partial charge in [0.05, 0.1) is 0 Å². The molecule has 20 heavy (non-hydrogen) atoms. The molecule has 1 heterocycles. The normalized spacial score (nSPS) is 10.2. The van der Waals surface area contributed by atoms with Gasteiger partial charge in [-0.15, -0.1) is 5.10 Å². The van der Waals surface area contributed by atoms with Crippen molar-refractivity contribution in [2.75, 3.05) is 5.32 Å². The van der Waals surface area contributed by atoms with E-state index in [9.17, 15) is 9.59 Å². The summed E-state index contributed by atoms with van der Waals surface area (Å²) in [5.74, 6) is -0.710. The van der Waals surface area contributed by atoms with Gasteiger partial charge in [0.2, 0.25) is 5.82 Å². The lowest BCUT2D eigenvalue weighted by Gasteiger charge is -2.08. The predicted octanol–water partition coefficient (Wildman–Crippen LogP) is 1.38. The molecule has 0 saturated carbocycles. The van der Waals surface area contributed by atoms with E-state index >= 15 is 0 Å². The van der Waals surface area contributed by atoms with Crippen LogP contribution in [0.2, 0.25) is 0 Å². The van der Waals surface area contributed by atoms with Gasteiger partial charge < -0.3 is 10.4 Å². The molecule has 0 radical (unpaired) electrons. The number of hydrogen-bond donors (Lipinski definition) is 3. The topological polar surface area (TPSA) is 108 Å². The number of aryl methyl sites for hydroxylation is 2. The molecule has 3 N–H and O–H groups in total. The lowest BCUT2D eigenvalue weighted by Crippen LogP contribution is -2.15. The molecule has 2 aromatic rings. The first kappa shape index (κ1) is 13.7. The van der Waals surface area contributed by atoms with Crippen LogP contribution in [-0.2, 0) is 11.2 Å². The Labute approximate surface area is 115 Å². The van der Waals surface area contributed by atoms with Gasteiger partial charge in [-0.25, -0.2) is 4.98 Å². The number of carboxylic acid groups (broad SMARTS) is 1. The zero-order valence-corrected chi connectivity index (χ0v) is 10.9. The second kappa shape index (κ2) is 5.96. The number of H-pyrrole nitrogens is 1. The average molecular weight is 274 g/mol. The van der Waals surface area contributed by atoms with Gasteiger partial charge in [-0.3, -0.25) is 14.7 Å². The maximum atomic E-state index is 11.9. The molecule has 7 heteroatoms. The van der Waals surface area contributed by atoms with Crippen LogP contribution in [0.15, 0.2) is 24.3 Å². The molecule has 2 rings (SSSR count). The average Bonchev–Trinajstić information content (AvgIpc) is 2.84. The van der Waals surface area contributed by atoms with Crippen LogP contribution < -0.4 is 5.32 Å². The van der Waals surface area contributed by atoms with Crippen LogP contribution in [0.1, 0.15) is 28.4 Å². The third-order valence-corrected chi connectivity index (χ3v) is 2.67. The number of para-hydroxylation sites is 1. The van der Waals surface area contributed by atoms with Gasteiger partial charge in [-0.2, -0.15) is 0 Å². The number of carbonyl (C=O) groups is 2. The first-order valence-electron chi connectivity index (χ1n) is 6.06. The second-order valence-electron chi connectivity index (χ2n) is 4.25. The number of carboxylic acids is 1. The molecule has 0 aliphatic carbocycles. The van der Waals surface area contributed by atoms with Gasteiger partial charge in [-0.05, 0) is 25.0 Å². The lowest BCUT2D eigenvalue weighted by molar-refractivity contribution is -0.136. The molecule has 7 nitrogen and oxygen atoms in total. The largest absolute Gasteiger partial charge is 0.481 e. The number of hydrogen-bond acceptors (Lipinski definition) is 4. The first-order chi connectivity index (χ1) is 9.56. The number of carbonyl (C=O) groups excluding carboxylic acids is 1. The van der Waals surface area contributed by atoms with Crippen molar-refractivity contribution in [2.24, 2.45) is 0 Å². The third-order valence-electron chi connectivity index (χ3n) is 2.67. The molecule has 0 aliphatic rings. The summed E-state index contributed by atoms with van der Waals surface area (Å²) in [7, 11) is 0. The van der Waals surface area contributed by atoms with Gasteiger partial charge in [0.15, 0.2) is 0 Å². The fraction of sp³-hybridized carbons (Fsp3) is 0.231. The van der Waals surface area contributed by atoms with Crippen molar-refractivity contribution >= 4 is 17.6 Å². The number of amides is 1. The second-order valence-corrected chi connectivity index (χ2v) is 4.25. The third kappa shape index (κ3) is 3.41. The molecule has 0 fully saturated rings. The molecular weight excluding hydrogens is 260 g/mol. The zero-order valence-electron chi connectivity index (χ0n) is 10.9.